The Morgan fingerprint density at radius 3 is 2.21 bits per heavy atom. The van der Waals surface area contributed by atoms with Gasteiger partial charge in [0.25, 0.3) is 0 Å². The Balaban J connectivity index is 1.43. The largest absolute Gasteiger partial charge is 0.378 e. The number of aryl methyl sites for hydroxylation is 1. The molecule has 1 amide bonds. The number of piperazine rings is 1. The lowest BCUT2D eigenvalue weighted by atomic mass is 10.1. The molecule has 0 aromatic heterocycles. The molecule has 2 aromatic carbocycles. The van der Waals surface area contributed by atoms with Crippen molar-refractivity contribution in [1.82, 2.24) is 14.7 Å². The number of benzene rings is 2. The number of carbonyl (C=O) groups excluding carboxylic acids is 1. The van der Waals surface area contributed by atoms with E-state index >= 15 is 0 Å². The van der Waals surface area contributed by atoms with Crippen LogP contribution in [-0.4, -0.2) is 74.5 Å². The van der Waals surface area contributed by atoms with Gasteiger partial charge in [-0.3, -0.25) is 14.6 Å². The van der Waals surface area contributed by atoms with E-state index < -0.39 is 0 Å². The topological polar surface area (TPSA) is 30.0 Å². The average molecular weight is 395 g/mol. The SMILES string of the molecule is Cc1ccccc1CN1CCN(C(=O)CN(C)Cc2ccc(N(C)C)cc2)CC1. The van der Waals surface area contributed by atoms with Crippen LogP contribution in [0.4, 0.5) is 5.69 Å². The van der Waals surface area contributed by atoms with Gasteiger partial charge >= 0.3 is 0 Å². The van der Waals surface area contributed by atoms with E-state index in [1.807, 2.05) is 26.0 Å². The molecule has 0 spiro atoms. The quantitative estimate of drug-likeness (QED) is 0.722. The number of carbonyl (C=O) groups is 1. The van der Waals surface area contributed by atoms with Gasteiger partial charge in [0.1, 0.15) is 0 Å². The highest BCUT2D eigenvalue weighted by atomic mass is 16.2. The molecule has 1 fully saturated rings. The first-order valence-corrected chi connectivity index (χ1v) is 10.4. The second kappa shape index (κ2) is 9.90. The van der Waals surface area contributed by atoms with Gasteiger partial charge < -0.3 is 9.80 Å². The van der Waals surface area contributed by atoms with Crippen molar-refractivity contribution in [2.24, 2.45) is 0 Å². The van der Waals surface area contributed by atoms with E-state index in [2.05, 4.69) is 70.2 Å². The summed E-state index contributed by atoms with van der Waals surface area (Å²) >= 11 is 0. The third-order valence-electron chi connectivity index (χ3n) is 5.69. The Morgan fingerprint density at radius 1 is 0.931 bits per heavy atom. The molecule has 5 nitrogen and oxygen atoms in total. The maximum atomic E-state index is 12.7. The summed E-state index contributed by atoms with van der Waals surface area (Å²) < 4.78 is 0. The molecule has 1 heterocycles. The highest BCUT2D eigenvalue weighted by Gasteiger charge is 2.22. The van der Waals surface area contributed by atoms with E-state index in [9.17, 15) is 4.79 Å². The van der Waals surface area contributed by atoms with Crippen LogP contribution in [0.5, 0.6) is 0 Å². The number of anilines is 1. The van der Waals surface area contributed by atoms with Gasteiger partial charge in [0, 0.05) is 59.1 Å². The molecule has 0 N–H and O–H groups in total. The zero-order valence-corrected chi connectivity index (χ0v) is 18.3. The lowest BCUT2D eigenvalue weighted by Crippen LogP contribution is -2.50. The summed E-state index contributed by atoms with van der Waals surface area (Å²) in [5, 5.41) is 0. The number of rotatable bonds is 7. The minimum Gasteiger partial charge on any atom is -0.378 e. The Labute approximate surface area is 175 Å². The van der Waals surface area contributed by atoms with E-state index in [0.717, 1.165) is 39.3 Å². The van der Waals surface area contributed by atoms with Crippen LogP contribution in [0.25, 0.3) is 0 Å². The molecule has 5 heteroatoms. The summed E-state index contributed by atoms with van der Waals surface area (Å²) in [7, 11) is 6.10. The van der Waals surface area contributed by atoms with Crippen molar-refractivity contribution in [1.29, 1.82) is 0 Å². The smallest absolute Gasteiger partial charge is 0.236 e. The predicted molar refractivity (Wildman–Crippen MR) is 120 cm³/mol. The van der Waals surface area contributed by atoms with Crippen LogP contribution < -0.4 is 4.90 Å². The predicted octanol–water partition coefficient (Wildman–Crippen LogP) is 2.84. The van der Waals surface area contributed by atoms with Crippen molar-refractivity contribution in [3.05, 3.63) is 65.2 Å². The van der Waals surface area contributed by atoms with Gasteiger partial charge in [0.2, 0.25) is 5.91 Å². The van der Waals surface area contributed by atoms with Crippen LogP contribution in [0, 0.1) is 6.92 Å². The van der Waals surface area contributed by atoms with Gasteiger partial charge in [0.05, 0.1) is 6.54 Å². The zero-order valence-electron chi connectivity index (χ0n) is 18.3. The van der Waals surface area contributed by atoms with Gasteiger partial charge in [-0.1, -0.05) is 36.4 Å². The van der Waals surface area contributed by atoms with Gasteiger partial charge in [-0.25, -0.2) is 0 Å². The number of likely N-dealkylation sites (N-methyl/N-ethyl adjacent to an activating group) is 1. The average Bonchev–Trinajstić information content (AvgIpc) is 2.70. The summed E-state index contributed by atoms with van der Waals surface area (Å²) in [6.45, 7) is 7.90. The van der Waals surface area contributed by atoms with Crippen molar-refractivity contribution < 1.29 is 4.79 Å². The fraction of sp³-hybridized carbons (Fsp3) is 0.458. The van der Waals surface area contributed by atoms with E-state index in [0.29, 0.717) is 6.54 Å². The Kier molecular flexibility index (Phi) is 7.29. The van der Waals surface area contributed by atoms with Crippen molar-refractivity contribution in [2.45, 2.75) is 20.0 Å². The molecule has 0 saturated carbocycles. The third-order valence-corrected chi connectivity index (χ3v) is 5.69. The molecule has 1 saturated heterocycles. The highest BCUT2D eigenvalue weighted by molar-refractivity contribution is 5.78. The monoisotopic (exact) mass is 394 g/mol. The minimum absolute atomic E-state index is 0.230. The highest BCUT2D eigenvalue weighted by Crippen LogP contribution is 2.15. The maximum absolute atomic E-state index is 12.7. The molecule has 0 aliphatic carbocycles. The number of hydrogen-bond donors (Lipinski definition) is 0. The molecule has 2 aromatic rings. The van der Waals surface area contributed by atoms with E-state index in [1.165, 1.54) is 22.4 Å². The molecule has 0 bridgehead atoms. The van der Waals surface area contributed by atoms with Gasteiger partial charge in [0.15, 0.2) is 0 Å². The van der Waals surface area contributed by atoms with Crippen molar-refractivity contribution >= 4 is 11.6 Å². The standard InChI is InChI=1S/C24H34N4O/c1-20-7-5-6-8-22(20)18-27-13-15-28(16-14-27)24(29)19-26(4)17-21-9-11-23(12-10-21)25(2)3/h5-12H,13-19H2,1-4H3. The Bertz CT molecular complexity index is 795. The molecular weight excluding hydrogens is 360 g/mol. The number of amides is 1. The minimum atomic E-state index is 0.230. The normalized spacial score (nSPS) is 15.0. The van der Waals surface area contributed by atoms with Crippen LogP contribution in [0.2, 0.25) is 0 Å². The molecule has 156 valence electrons. The summed E-state index contributed by atoms with van der Waals surface area (Å²) in [6, 6.07) is 17.1. The summed E-state index contributed by atoms with van der Waals surface area (Å²) in [5.41, 5.74) is 5.14. The number of nitrogens with zero attached hydrogens (tertiary/aromatic N) is 4. The summed E-state index contributed by atoms with van der Waals surface area (Å²) in [5.74, 6) is 0.230. The van der Waals surface area contributed by atoms with Crippen LogP contribution in [-0.2, 0) is 17.9 Å². The molecular formula is C24H34N4O. The molecule has 29 heavy (non-hydrogen) atoms. The van der Waals surface area contributed by atoms with E-state index in [-0.39, 0.29) is 5.91 Å². The molecule has 1 aliphatic rings. The van der Waals surface area contributed by atoms with Crippen molar-refractivity contribution in [3.63, 3.8) is 0 Å². The second-order valence-electron chi connectivity index (χ2n) is 8.32. The maximum Gasteiger partial charge on any atom is 0.236 e. The first kappa shape index (κ1) is 21.3. The lowest BCUT2D eigenvalue weighted by molar-refractivity contribution is -0.134. The fourth-order valence-electron chi connectivity index (χ4n) is 3.78. The van der Waals surface area contributed by atoms with Gasteiger partial charge in [-0.2, -0.15) is 0 Å². The summed E-state index contributed by atoms with van der Waals surface area (Å²) in [6.07, 6.45) is 0. The number of hydrogen-bond acceptors (Lipinski definition) is 4. The molecule has 1 aliphatic heterocycles. The lowest BCUT2D eigenvalue weighted by Gasteiger charge is -2.35. The van der Waals surface area contributed by atoms with Crippen LogP contribution >= 0.6 is 0 Å². The van der Waals surface area contributed by atoms with E-state index in [1.54, 1.807) is 0 Å². The van der Waals surface area contributed by atoms with Crippen LogP contribution in [0.3, 0.4) is 0 Å². The van der Waals surface area contributed by atoms with Crippen molar-refractivity contribution in [2.75, 3.05) is 58.8 Å². The Hall–Kier alpha value is -2.37. The van der Waals surface area contributed by atoms with Crippen LogP contribution in [0.1, 0.15) is 16.7 Å². The first-order chi connectivity index (χ1) is 13.9. The Morgan fingerprint density at radius 2 is 1.59 bits per heavy atom. The fourth-order valence-corrected chi connectivity index (χ4v) is 3.78. The van der Waals surface area contributed by atoms with Gasteiger partial charge in [-0.05, 0) is 42.8 Å². The van der Waals surface area contributed by atoms with Crippen molar-refractivity contribution in [3.8, 4) is 0 Å². The summed E-state index contributed by atoms with van der Waals surface area (Å²) in [4.78, 5) is 21.4. The third kappa shape index (κ3) is 6.05. The van der Waals surface area contributed by atoms with Crippen LogP contribution in [0.15, 0.2) is 48.5 Å². The molecule has 0 atom stereocenters. The molecule has 0 unspecified atom stereocenters. The van der Waals surface area contributed by atoms with E-state index in [4.69, 9.17) is 0 Å². The second-order valence-corrected chi connectivity index (χ2v) is 8.32. The molecule has 0 radical (unpaired) electrons. The zero-order chi connectivity index (χ0) is 20.8. The van der Waals surface area contributed by atoms with Gasteiger partial charge in [-0.15, -0.1) is 0 Å². The first-order valence-electron chi connectivity index (χ1n) is 10.4. The molecule has 3 rings (SSSR count).